The van der Waals surface area contributed by atoms with Crippen molar-refractivity contribution in [3.8, 4) is 22.9 Å². The lowest BCUT2D eigenvalue weighted by Crippen LogP contribution is -2.07. The van der Waals surface area contributed by atoms with Crippen molar-refractivity contribution < 1.29 is 14.0 Å². The van der Waals surface area contributed by atoms with E-state index in [4.69, 9.17) is 19.7 Å². The predicted octanol–water partition coefficient (Wildman–Crippen LogP) is 1.84. The van der Waals surface area contributed by atoms with Crippen LogP contribution < -0.4 is 15.2 Å². The van der Waals surface area contributed by atoms with Crippen molar-refractivity contribution in [2.45, 2.75) is 45.4 Å². The van der Waals surface area contributed by atoms with Crippen molar-refractivity contribution in [3.63, 3.8) is 0 Å². The van der Waals surface area contributed by atoms with Gasteiger partial charge in [-0.3, -0.25) is 0 Å². The van der Waals surface area contributed by atoms with Gasteiger partial charge in [0, 0.05) is 24.0 Å². The highest BCUT2D eigenvalue weighted by atomic mass is 16.5. The molecule has 2 aliphatic heterocycles. The number of benzene rings is 1. The minimum absolute atomic E-state index is 0.152. The highest BCUT2D eigenvalue weighted by Crippen LogP contribution is 2.47. The molecule has 6 heteroatoms. The molecule has 0 radical (unpaired) electrons. The third kappa shape index (κ3) is 1.90. The molecule has 0 amide bonds. The second kappa shape index (κ2) is 4.46. The molecule has 1 aromatic carbocycles. The molecule has 0 saturated heterocycles. The van der Waals surface area contributed by atoms with Crippen LogP contribution >= 0.6 is 0 Å². The summed E-state index contributed by atoms with van der Waals surface area (Å²) in [4.78, 5) is 4.37. The summed E-state index contributed by atoms with van der Waals surface area (Å²) < 4.78 is 17.0. The summed E-state index contributed by atoms with van der Waals surface area (Å²) in [6, 6.07) is 2.09. The van der Waals surface area contributed by atoms with E-state index in [1.54, 1.807) is 0 Å². The lowest BCUT2D eigenvalue weighted by molar-refractivity contribution is 0.254. The van der Waals surface area contributed by atoms with Crippen LogP contribution in [-0.2, 0) is 19.4 Å². The van der Waals surface area contributed by atoms with Crippen LogP contribution in [0.2, 0.25) is 0 Å². The number of nitrogens with two attached hydrogens (primary N) is 1. The van der Waals surface area contributed by atoms with Crippen LogP contribution in [0.5, 0.6) is 11.5 Å². The van der Waals surface area contributed by atoms with Crippen LogP contribution in [-0.4, -0.2) is 22.3 Å². The Labute approximate surface area is 122 Å². The van der Waals surface area contributed by atoms with Gasteiger partial charge in [-0.2, -0.15) is 4.98 Å². The van der Waals surface area contributed by atoms with E-state index in [2.05, 4.69) is 30.1 Å². The number of hydrogen-bond donors (Lipinski definition) is 1. The first-order valence-electron chi connectivity index (χ1n) is 7.20. The van der Waals surface area contributed by atoms with Gasteiger partial charge in [-0.05, 0) is 19.9 Å². The van der Waals surface area contributed by atoms with Crippen LogP contribution in [0, 0.1) is 0 Å². The number of fused-ring (bicyclic) bond motifs is 2. The van der Waals surface area contributed by atoms with E-state index < -0.39 is 0 Å². The van der Waals surface area contributed by atoms with E-state index in [-0.39, 0.29) is 18.8 Å². The maximum atomic E-state index is 5.99. The molecule has 6 nitrogen and oxygen atoms in total. The lowest BCUT2D eigenvalue weighted by atomic mass is 9.97. The first kappa shape index (κ1) is 12.6. The molecule has 2 atom stereocenters. The molecular formula is C15H17N3O3. The normalized spacial score (nSPS) is 22.6. The molecule has 21 heavy (non-hydrogen) atoms. The zero-order valence-electron chi connectivity index (χ0n) is 12.0. The molecule has 1 aromatic heterocycles. The van der Waals surface area contributed by atoms with Crippen molar-refractivity contribution in [2.75, 3.05) is 0 Å². The minimum atomic E-state index is 0.152. The van der Waals surface area contributed by atoms with Gasteiger partial charge >= 0.3 is 0 Å². The average Bonchev–Trinajstić information content (AvgIpc) is 3.12. The van der Waals surface area contributed by atoms with Gasteiger partial charge in [-0.25, -0.2) is 0 Å². The molecule has 2 aromatic rings. The molecule has 110 valence electrons. The number of ether oxygens (including phenoxy) is 2. The Morgan fingerprint density at radius 1 is 1.24 bits per heavy atom. The number of rotatable bonds is 2. The second-order valence-electron chi connectivity index (χ2n) is 5.70. The summed E-state index contributed by atoms with van der Waals surface area (Å²) in [7, 11) is 0. The number of aromatic nitrogens is 2. The SMILES string of the molecule is CC1Cc2c(cc3c(c2-c2noc(CN)n2)OC(C)C3)O1. The number of nitrogens with zero attached hydrogens (tertiary/aromatic N) is 2. The third-order valence-electron chi connectivity index (χ3n) is 3.94. The molecule has 0 spiro atoms. The molecule has 2 N–H and O–H groups in total. The van der Waals surface area contributed by atoms with Gasteiger partial charge < -0.3 is 19.7 Å². The Bertz CT molecular complexity index is 674. The summed E-state index contributed by atoms with van der Waals surface area (Å²) in [5, 5.41) is 4.06. The molecule has 0 bridgehead atoms. The van der Waals surface area contributed by atoms with Gasteiger partial charge in [0.2, 0.25) is 11.7 Å². The van der Waals surface area contributed by atoms with E-state index in [1.165, 1.54) is 0 Å². The van der Waals surface area contributed by atoms with Crippen molar-refractivity contribution in [1.29, 1.82) is 0 Å². The Morgan fingerprint density at radius 2 is 2.05 bits per heavy atom. The van der Waals surface area contributed by atoms with Gasteiger partial charge in [-0.15, -0.1) is 0 Å². The number of hydrogen-bond acceptors (Lipinski definition) is 6. The lowest BCUT2D eigenvalue weighted by Gasteiger charge is -2.10. The van der Waals surface area contributed by atoms with Crippen molar-refractivity contribution in [1.82, 2.24) is 10.1 Å². The van der Waals surface area contributed by atoms with Crippen LogP contribution in [0.1, 0.15) is 30.9 Å². The fourth-order valence-electron chi connectivity index (χ4n) is 3.10. The molecule has 0 saturated carbocycles. The zero-order chi connectivity index (χ0) is 14.6. The first-order valence-corrected chi connectivity index (χ1v) is 7.20. The summed E-state index contributed by atoms with van der Waals surface area (Å²) in [6.45, 7) is 4.34. The van der Waals surface area contributed by atoms with Crippen molar-refractivity contribution >= 4 is 0 Å². The smallest absolute Gasteiger partial charge is 0.240 e. The van der Waals surface area contributed by atoms with Crippen LogP contribution in [0.15, 0.2) is 10.6 Å². The third-order valence-corrected chi connectivity index (χ3v) is 3.94. The van der Waals surface area contributed by atoms with Crippen LogP contribution in [0.4, 0.5) is 0 Å². The summed E-state index contributed by atoms with van der Waals surface area (Å²) >= 11 is 0. The van der Waals surface area contributed by atoms with Crippen molar-refractivity contribution in [2.24, 2.45) is 5.73 Å². The maximum Gasteiger partial charge on any atom is 0.240 e. The Balaban J connectivity index is 1.92. The van der Waals surface area contributed by atoms with E-state index in [0.717, 1.165) is 41.0 Å². The van der Waals surface area contributed by atoms with E-state index in [9.17, 15) is 0 Å². The molecule has 2 unspecified atom stereocenters. The largest absolute Gasteiger partial charge is 0.490 e. The molecule has 0 fully saturated rings. The Kier molecular flexibility index (Phi) is 2.68. The van der Waals surface area contributed by atoms with E-state index in [1.807, 2.05) is 0 Å². The van der Waals surface area contributed by atoms with E-state index in [0.29, 0.717) is 11.7 Å². The van der Waals surface area contributed by atoms with Gasteiger partial charge in [-0.1, -0.05) is 5.16 Å². The van der Waals surface area contributed by atoms with Gasteiger partial charge in [0.25, 0.3) is 0 Å². The maximum absolute atomic E-state index is 5.99. The summed E-state index contributed by atoms with van der Waals surface area (Å²) in [5.41, 5.74) is 8.70. The molecular weight excluding hydrogens is 270 g/mol. The van der Waals surface area contributed by atoms with E-state index >= 15 is 0 Å². The molecule has 4 rings (SSSR count). The predicted molar refractivity (Wildman–Crippen MR) is 75.2 cm³/mol. The highest BCUT2D eigenvalue weighted by molar-refractivity contribution is 5.75. The topological polar surface area (TPSA) is 83.4 Å². The second-order valence-corrected chi connectivity index (χ2v) is 5.70. The Morgan fingerprint density at radius 3 is 2.81 bits per heavy atom. The van der Waals surface area contributed by atoms with Crippen molar-refractivity contribution in [3.05, 3.63) is 23.1 Å². The van der Waals surface area contributed by atoms with Gasteiger partial charge in [0.15, 0.2) is 0 Å². The molecule has 2 aliphatic rings. The average molecular weight is 287 g/mol. The quantitative estimate of drug-likeness (QED) is 0.907. The van der Waals surface area contributed by atoms with Gasteiger partial charge in [0.1, 0.15) is 23.7 Å². The standard InChI is InChI=1S/C15H17N3O3/c1-7-3-9-5-11-10(4-8(2)19-11)13(14(9)20-7)15-17-12(6-16)21-18-15/h5,7-8H,3-4,6,16H2,1-2H3. The van der Waals surface area contributed by atoms with Gasteiger partial charge in [0.05, 0.1) is 12.1 Å². The van der Waals surface area contributed by atoms with Crippen LogP contribution in [0.25, 0.3) is 11.4 Å². The molecule has 0 aliphatic carbocycles. The minimum Gasteiger partial charge on any atom is -0.490 e. The van der Waals surface area contributed by atoms with Crippen LogP contribution in [0.3, 0.4) is 0 Å². The zero-order valence-corrected chi connectivity index (χ0v) is 12.0. The monoisotopic (exact) mass is 287 g/mol. The summed E-state index contributed by atoms with van der Waals surface area (Å²) in [5.74, 6) is 2.74. The summed E-state index contributed by atoms with van der Waals surface area (Å²) in [6.07, 6.45) is 2.00. The fourth-order valence-corrected chi connectivity index (χ4v) is 3.10. The molecule has 3 heterocycles. The fraction of sp³-hybridized carbons (Fsp3) is 0.467. The Hall–Kier alpha value is -2.08. The highest BCUT2D eigenvalue weighted by Gasteiger charge is 2.33. The first-order chi connectivity index (χ1) is 10.2.